The van der Waals surface area contributed by atoms with E-state index in [1.165, 1.54) is 6.08 Å². The molecular weight excluding hydrogens is 433 g/mol. The third kappa shape index (κ3) is 4.61. The highest BCUT2D eigenvalue weighted by Gasteiger charge is 2.15. The Bertz CT molecular complexity index is 1270. The lowest BCUT2D eigenvalue weighted by atomic mass is 9.99. The highest BCUT2D eigenvalue weighted by atomic mass is 35.5. The Morgan fingerprint density at radius 3 is 2.42 bits per heavy atom. The maximum absolute atomic E-state index is 12.6. The van der Waals surface area contributed by atoms with Crippen LogP contribution in [-0.4, -0.2) is 13.0 Å². The number of allylic oxidation sites excluding steroid dienone is 1. The Morgan fingerprint density at radius 1 is 1.03 bits per heavy atom. The monoisotopic (exact) mass is 451 g/mol. The molecule has 1 aromatic heterocycles. The molecule has 1 N–H and O–H groups in total. The van der Waals surface area contributed by atoms with E-state index in [0.717, 1.165) is 27.6 Å². The van der Waals surface area contributed by atoms with Gasteiger partial charge in [0.2, 0.25) is 5.91 Å². The SMILES string of the molecule is COc1cc2occ(-c3ccccc3)c2cc1/C(C)=C/C(=O)Nc1cc(Cl)cc(Cl)c1. The summed E-state index contributed by atoms with van der Waals surface area (Å²) in [5, 5.41) is 4.63. The van der Waals surface area contributed by atoms with Crippen LogP contribution >= 0.6 is 23.2 Å². The van der Waals surface area contributed by atoms with E-state index >= 15 is 0 Å². The van der Waals surface area contributed by atoms with E-state index in [1.807, 2.05) is 49.4 Å². The number of furan rings is 1. The maximum atomic E-state index is 12.6. The highest BCUT2D eigenvalue weighted by Crippen LogP contribution is 2.37. The van der Waals surface area contributed by atoms with Gasteiger partial charge in [0.15, 0.2) is 0 Å². The molecule has 156 valence electrons. The number of carbonyl (C=O) groups is 1. The number of amides is 1. The normalized spacial score (nSPS) is 11.5. The molecule has 0 saturated carbocycles. The molecule has 0 bridgehead atoms. The number of benzene rings is 3. The number of anilines is 1. The molecule has 0 radical (unpaired) electrons. The first-order chi connectivity index (χ1) is 14.9. The Morgan fingerprint density at radius 2 is 1.74 bits per heavy atom. The van der Waals surface area contributed by atoms with Gasteiger partial charge in [0.1, 0.15) is 11.3 Å². The van der Waals surface area contributed by atoms with E-state index in [2.05, 4.69) is 5.32 Å². The van der Waals surface area contributed by atoms with Gasteiger partial charge in [-0.2, -0.15) is 0 Å². The minimum atomic E-state index is -0.298. The molecule has 1 heterocycles. The lowest BCUT2D eigenvalue weighted by molar-refractivity contribution is -0.111. The predicted octanol–water partition coefficient (Wildman–Crippen LogP) is 7.46. The number of nitrogens with one attached hydrogen (secondary N) is 1. The number of halogens is 2. The van der Waals surface area contributed by atoms with Crippen molar-refractivity contribution >= 4 is 51.3 Å². The lowest BCUT2D eigenvalue weighted by Crippen LogP contribution is -2.08. The summed E-state index contributed by atoms with van der Waals surface area (Å²) < 4.78 is 11.3. The molecule has 1 amide bonds. The zero-order chi connectivity index (χ0) is 22.0. The van der Waals surface area contributed by atoms with Crippen LogP contribution in [0.25, 0.3) is 27.7 Å². The molecule has 31 heavy (non-hydrogen) atoms. The van der Waals surface area contributed by atoms with Crippen molar-refractivity contribution < 1.29 is 13.9 Å². The van der Waals surface area contributed by atoms with Gasteiger partial charge in [-0.05, 0) is 42.3 Å². The first kappa shape index (κ1) is 21.0. The molecule has 0 aliphatic heterocycles. The third-order valence-electron chi connectivity index (χ3n) is 4.88. The van der Waals surface area contributed by atoms with E-state index < -0.39 is 0 Å². The second-order valence-corrected chi connectivity index (χ2v) is 7.91. The maximum Gasteiger partial charge on any atom is 0.248 e. The first-order valence-corrected chi connectivity index (χ1v) is 10.3. The minimum Gasteiger partial charge on any atom is -0.496 e. The summed E-state index contributed by atoms with van der Waals surface area (Å²) >= 11 is 12.0. The van der Waals surface area contributed by atoms with Gasteiger partial charge in [-0.1, -0.05) is 53.5 Å². The molecule has 4 nitrogen and oxygen atoms in total. The van der Waals surface area contributed by atoms with Gasteiger partial charge in [0.25, 0.3) is 0 Å². The van der Waals surface area contributed by atoms with E-state index in [-0.39, 0.29) is 5.91 Å². The molecule has 0 aliphatic rings. The summed E-state index contributed by atoms with van der Waals surface area (Å²) in [6.07, 6.45) is 3.25. The minimum absolute atomic E-state index is 0.298. The van der Waals surface area contributed by atoms with Crippen LogP contribution < -0.4 is 10.1 Å². The number of ether oxygens (including phenoxy) is 1. The summed E-state index contributed by atoms with van der Waals surface area (Å²) in [7, 11) is 1.59. The number of carbonyl (C=O) groups excluding carboxylic acids is 1. The van der Waals surface area contributed by atoms with Crippen LogP contribution in [0, 0.1) is 0 Å². The summed E-state index contributed by atoms with van der Waals surface area (Å²) in [5.41, 5.74) is 4.80. The molecule has 0 spiro atoms. The summed E-state index contributed by atoms with van der Waals surface area (Å²) in [4.78, 5) is 12.6. The number of methoxy groups -OCH3 is 1. The van der Waals surface area contributed by atoms with Crippen LogP contribution in [0.4, 0.5) is 5.69 Å². The van der Waals surface area contributed by atoms with Crippen molar-refractivity contribution in [3.63, 3.8) is 0 Å². The fourth-order valence-electron chi connectivity index (χ4n) is 3.45. The van der Waals surface area contributed by atoms with E-state index in [1.54, 1.807) is 31.6 Å². The Kier molecular flexibility index (Phi) is 6.03. The van der Waals surface area contributed by atoms with Gasteiger partial charge >= 0.3 is 0 Å². The van der Waals surface area contributed by atoms with Crippen LogP contribution in [-0.2, 0) is 4.79 Å². The number of rotatable bonds is 5. The standard InChI is InChI=1S/C25H19Cl2NO3/c1-15(8-25(29)28-19-10-17(26)9-18(27)11-19)20-12-21-22(16-6-4-3-5-7-16)14-31-24(21)13-23(20)30-2/h3-14H,1-2H3,(H,28,29)/b15-8+. The smallest absolute Gasteiger partial charge is 0.248 e. The largest absolute Gasteiger partial charge is 0.496 e. The van der Waals surface area contributed by atoms with E-state index in [0.29, 0.717) is 27.1 Å². The summed E-state index contributed by atoms with van der Waals surface area (Å²) in [6, 6.07) is 18.7. The fraction of sp³-hybridized carbons (Fsp3) is 0.0800. The van der Waals surface area contributed by atoms with Crippen molar-refractivity contribution in [2.45, 2.75) is 6.92 Å². The Hall–Kier alpha value is -3.21. The van der Waals surface area contributed by atoms with Crippen molar-refractivity contribution in [2.75, 3.05) is 12.4 Å². The van der Waals surface area contributed by atoms with Crippen molar-refractivity contribution in [1.29, 1.82) is 0 Å². The number of fused-ring (bicyclic) bond motifs is 1. The van der Waals surface area contributed by atoms with Gasteiger partial charge in [0.05, 0.1) is 13.4 Å². The zero-order valence-electron chi connectivity index (χ0n) is 16.9. The quantitative estimate of drug-likeness (QED) is 0.320. The molecule has 0 atom stereocenters. The Labute approximate surface area is 190 Å². The average Bonchev–Trinajstić information content (AvgIpc) is 3.15. The number of hydrogen-bond donors (Lipinski definition) is 1. The molecule has 4 rings (SSSR count). The molecule has 6 heteroatoms. The topological polar surface area (TPSA) is 51.5 Å². The van der Waals surface area contributed by atoms with Gasteiger partial charge in [0, 0.05) is 44.4 Å². The Balaban J connectivity index is 1.70. The van der Waals surface area contributed by atoms with Crippen molar-refractivity contribution in [1.82, 2.24) is 0 Å². The number of hydrogen-bond acceptors (Lipinski definition) is 3. The van der Waals surface area contributed by atoms with Gasteiger partial charge in [-0.3, -0.25) is 4.79 Å². The second-order valence-electron chi connectivity index (χ2n) is 7.04. The zero-order valence-corrected chi connectivity index (χ0v) is 18.4. The van der Waals surface area contributed by atoms with Gasteiger partial charge in [-0.25, -0.2) is 0 Å². The molecule has 4 aromatic rings. The lowest BCUT2D eigenvalue weighted by Gasteiger charge is -2.10. The van der Waals surface area contributed by atoms with Gasteiger partial charge in [-0.15, -0.1) is 0 Å². The molecular formula is C25H19Cl2NO3. The predicted molar refractivity (Wildman–Crippen MR) is 127 cm³/mol. The summed E-state index contributed by atoms with van der Waals surface area (Å²) in [5.74, 6) is 0.322. The summed E-state index contributed by atoms with van der Waals surface area (Å²) in [6.45, 7) is 1.86. The fourth-order valence-corrected chi connectivity index (χ4v) is 3.98. The molecule has 0 unspecified atom stereocenters. The second kappa shape index (κ2) is 8.88. The van der Waals surface area contributed by atoms with E-state index in [4.69, 9.17) is 32.4 Å². The van der Waals surface area contributed by atoms with Crippen LogP contribution in [0.5, 0.6) is 5.75 Å². The molecule has 0 saturated heterocycles. The van der Waals surface area contributed by atoms with Crippen LogP contribution in [0.1, 0.15) is 12.5 Å². The van der Waals surface area contributed by atoms with Crippen LogP contribution in [0.3, 0.4) is 0 Å². The van der Waals surface area contributed by atoms with Crippen LogP contribution in [0.15, 0.2) is 77.4 Å². The first-order valence-electron chi connectivity index (χ1n) is 9.55. The molecule has 0 aliphatic carbocycles. The molecule has 3 aromatic carbocycles. The van der Waals surface area contributed by atoms with Crippen molar-refractivity contribution in [3.05, 3.63) is 88.6 Å². The van der Waals surface area contributed by atoms with Crippen LogP contribution in [0.2, 0.25) is 10.0 Å². The van der Waals surface area contributed by atoms with Gasteiger partial charge < -0.3 is 14.5 Å². The highest BCUT2D eigenvalue weighted by molar-refractivity contribution is 6.35. The molecule has 0 fully saturated rings. The average molecular weight is 452 g/mol. The van der Waals surface area contributed by atoms with Crippen molar-refractivity contribution in [2.24, 2.45) is 0 Å². The van der Waals surface area contributed by atoms with E-state index in [9.17, 15) is 4.79 Å². The third-order valence-corrected chi connectivity index (χ3v) is 5.32. The van der Waals surface area contributed by atoms with Crippen molar-refractivity contribution in [3.8, 4) is 16.9 Å².